The lowest BCUT2D eigenvalue weighted by Gasteiger charge is -2.56. The molecule has 4 aliphatic heterocycles. The van der Waals surface area contributed by atoms with Gasteiger partial charge in [0.25, 0.3) is 0 Å². The number of likely N-dealkylation sites (tertiary alicyclic amines) is 2. The molecule has 0 bridgehead atoms. The van der Waals surface area contributed by atoms with E-state index in [2.05, 4.69) is 29.3 Å². The number of hydrogen-bond acceptors (Lipinski definition) is 6. The largest absolute Gasteiger partial charge is 0.388 e. The minimum Gasteiger partial charge on any atom is -0.388 e. The summed E-state index contributed by atoms with van der Waals surface area (Å²) in [7, 11) is 0. The van der Waals surface area contributed by atoms with E-state index in [0.29, 0.717) is 57.4 Å². The van der Waals surface area contributed by atoms with E-state index < -0.39 is 5.60 Å². The third-order valence-corrected chi connectivity index (χ3v) is 8.69. The number of β-amino-alcohol motifs (C(OH)–C–C–N with tert-alkyl or cyclic N) is 1. The first-order valence-corrected chi connectivity index (χ1v) is 13.2. The van der Waals surface area contributed by atoms with Crippen LogP contribution in [0.4, 0.5) is 0 Å². The molecule has 4 fully saturated rings. The minimum atomic E-state index is -0.936. The van der Waals surface area contributed by atoms with Gasteiger partial charge in [-0.05, 0) is 37.2 Å². The Labute approximate surface area is 208 Å². The summed E-state index contributed by atoms with van der Waals surface area (Å²) >= 11 is 0. The Hall–Kier alpha value is -2.00. The van der Waals surface area contributed by atoms with E-state index in [4.69, 9.17) is 4.74 Å². The van der Waals surface area contributed by atoms with Crippen LogP contribution < -0.4 is 5.32 Å². The van der Waals surface area contributed by atoms with Gasteiger partial charge in [-0.25, -0.2) is 0 Å². The van der Waals surface area contributed by atoms with Crippen molar-refractivity contribution in [3.63, 3.8) is 0 Å². The molecule has 5 rings (SSSR count). The molecule has 192 valence electrons. The van der Waals surface area contributed by atoms with E-state index in [1.54, 1.807) is 4.90 Å². The summed E-state index contributed by atoms with van der Waals surface area (Å²) < 4.78 is 5.51. The summed E-state index contributed by atoms with van der Waals surface area (Å²) in [5.41, 5.74) is 0.624. The van der Waals surface area contributed by atoms with Gasteiger partial charge in [-0.1, -0.05) is 37.3 Å². The van der Waals surface area contributed by atoms with Crippen LogP contribution in [0.5, 0.6) is 0 Å². The van der Waals surface area contributed by atoms with Gasteiger partial charge in [0, 0.05) is 51.2 Å². The summed E-state index contributed by atoms with van der Waals surface area (Å²) in [6.07, 6.45) is 4.26. The van der Waals surface area contributed by atoms with Crippen molar-refractivity contribution in [3.8, 4) is 0 Å². The molecule has 0 aromatic heterocycles. The van der Waals surface area contributed by atoms with Crippen LogP contribution in [0.15, 0.2) is 30.3 Å². The quantitative estimate of drug-likeness (QED) is 0.640. The number of nitrogens with zero attached hydrogens (tertiary/aromatic N) is 3. The summed E-state index contributed by atoms with van der Waals surface area (Å²) in [6, 6.07) is 10.1. The lowest BCUT2D eigenvalue weighted by molar-refractivity contribution is -0.152. The first-order valence-electron chi connectivity index (χ1n) is 13.2. The Kier molecular flexibility index (Phi) is 7.17. The molecule has 8 heteroatoms. The van der Waals surface area contributed by atoms with E-state index >= 15 is 0 Å². The Morgan fingerprint density at radius 2 is 1.83 bits per heavy atom. The lowest BCUT2D eigenvalue weighted by atomic mass is 9.73. The Morgan fingerprint density at radius 3 is 2.49 bits per heavy atom. The number of ether oxygens (including phenoxy) is 1. The van der Waals surface area contributed by atoms with Gasteiger partial charge in [0.05, 0.1) is 31.4 Å². The van der Waals surface area contributed by atoms with Crippen LogP contribution in [0.3, 0.4) is 0 Å². The minimum absolute atomic E-state index is 0.0907. The van der Waals surface area contributed by atoms with Crippen LogP contribution >= 0.6 is 0 Å². The molecule has 2 N–H and O–H groups in total. The van der Waals surface area contributed by atoms with Gasteiger partial charge in [-0.2, -0.15) is 0 Å². The smallest absolute Gasteiger partial charge is 0.226 e. The molecule has 2 amide bonds. The molecular weight excluding hydrogens is 444 g/mol. The van der Waals surface area contributed by atoms with Crippen molar-refractivity contribution in [2.24, 2.45) is 5.41 Å². The molecule has 4 aliphatic rings. The zero-order valence-corrected chi connectivity index (χ0v) is 21.0. The number of nitrogens with one attached hydrogen (secondary N) is 1. The van der Waals surface area contributed by atoms with Gasteiger partial charge in [0.2, 0.25) is 11.8 Å². The maximum absolute atomic E-state index is 12.9. The number of benzene rings is 1. The molecule has 2 atom stereocenters. The van der Waals surface area contributed by atoms with Gasteiger partial charge in [-0.15, -0.1) is 0 Å². The van der Waals surface area contributed by atoms with E-state index in [9.17, 15) is 14.7 Å². The summed E-state index contributed by atoms with van der Waals surface area (Å²) in [6.45, 7) is 7.74. The molecule has 0 radical (unpaired) electrons. The zero-order valence-electron chi connectivity index (χ0n) is 21.0. The number of piperidine rings is 1. The molecule has 4 saturated heterocycles. The highest BCUT2D eigenvalue weighted by Crippen LogP contribution is 2.41. The summed E-state index contributed by atoms with van der Waals surface area (Å²) in [4.78, 5) is 31.8. The first kappa shape index (κ1) is 24.7. The van der Waals surface area contributed by atoms with Gasteiger partial charge < -0.3 is 19.6 Å². The second kappa shape index (κ2) is 10.2. The molecule has 4 heterocycles. The predicted molar refractivity (Wildman–Crippen MR) is 132 cm³/mol. The Bertz CT molecular complexity index is 888. The average Bonchev–Trinajstić information content (AvgIpc) is 2.85. The predicted octanol–water partition coefficient (Wildman–Crippen LogP) is 1.75. The molecule has 0 aliphatic carbocycles. The van der Waals surface area contributed by atoms with Crippen LogP contribution in [0.1, 0.15) is 56.9 Å². The van der Waals surface area contributed by atoms with E-state index in [1.807, 2.05) is 23.1 Å². The molecule has 0 saturated carbocycles. The van der Waals surface area contributed by atoms with Crippen LogP contribution in [0.2, 0.25) is 0 Å². The highest BCUT2D eigenvalue weighted by Gasteiger charge is 2.48. The fourth-order valence-corrected chi connectivity index (χ4v) is 6.21. The van der Waals surface area contributed by atoms with E-state index in [-0.39, 0.29) is 23.9 Å². The number of carbonyl (C=O) groups is 2. The fourth-order valence-electron chi connectivity index (χ4n) is 6.21. The number of hydrogen-bond donors (Lipinski definition) is 2. The van der Waals surface area contributed by atoms with Crippen LogP contribution in [-0.2, 0) is 14.3 Å². The third-order valence-electron chi connectivity index (χ3n) is 8.69. The van der Waals surface area contributed by atoms with Gasteiger partial charge >= 0.3 is 0 Å². The van der Waals surface area contributed by atoms with Crippen molar-refractivity contribution in [3.05, 3.63) is 35.9 Å². The van der Waals surface area contributed by atoms with Crippen molar-refractivity contribution in [2.45, 2.75) is 63.1 Å². The van der Waals surface area contributed by atoms with Gasteiger partial charge in [0.1, 0.15) is 0 Å². The number of aliphatic hydroxyl groups is 1. The second-order valence-corrected chi connectivity index (χ2v) is 11.3. The summed E-state index contributed by atoms with van der Waals surface area (Å²) in [5.74, 6) is 0.409. The van der Waals surface area contributed by atoms with Crippen molar-refractivity contribution in [1.29, 1.82) is 0 Å². The molecular formula is C27H40N4O4. The van der Waals surface area contributed by atoms with Crippen molar-refractivity contribution < 1.29 is 19.4 Å². The highest BCUT2D eigenvalue weighted by molar-refractivity contribution is 5.78. The number of carbonyl (C=O) groups excluding carboxylic acids is 2. The zero-order chi connectivity index (χ0) is 24.5. The first-order chi connectivity index (χ1) is 16.8. The van der Waals surface area contributed by atoms with Gasteiger partial charge in [0.15, 0.2) is 0 Å². The maximum atomic E-state index is 12.9. The highest BCUT2D eigenvalue weighted by atomic mass is 16.5. The van der Waals surface area contributed by atoms with E-state index in [1.165, 1.54) is 5.56 Å². The van der Waals surface area contributed by atoms with Gasteiger partial charge in [-0.3, -0.25) is 19.8 Å². The van der Waals surface area contributed by atoms with Crippen molar-refractivity contribution in [1.82, 2.24) is 20.0 Å². The average molecular weight is 485 g/mol. The molecule has 1 aromatic rings. The van der Waals surface area contributed by atoms with Crippen LogP contribution in [-0.4, -0.2) is 96.0 Å². The molecule has 1 aromatic carbocycles. The Morgan fingerprint density at radius 1 is 1.14 bits per heavy atom. The fraction of sp³-hybridized carbons (Fsp3) is 0.704. The second-order valence-electron chi connectivity index (χ2n) is 11.3. The van der Waals surface area contributed by atoms with Crippen molar-refractivity contribution >= 4 is 11.8 Å². The van der Waals surface area contributed by atoms with Crippen LogP contribution in [0, 0.1) is 5.41 Å². The Balaban J connectivity index is 1.06. The molecule has 8 nitrogen and oxygen atoms in total. The maximum Gasteiger partial charge on any atom is 0.226 e. The molecule has 1 unspecified atom stereocenters. The topological polar surface area (TPSA) is 85.4 Å². The number of amides is 2. The monoisotopic (exact) mass is 484 g/mol. The molecule has 35 heavy (non-hydrogen) atoms. The molecule has 1 spiro atoms. The van der Waals surface area contributed by atoms with Crippen molar-refractivity contribution in [2.75, 3.05) is 52.6 Å². The standard InChI is InChI=1S/C27H40N4O4/c1-21(22-5-3-2-4-6-22)15-24(32)29-11-7-27(34,8-12-29)19-31-20-28-23(16-25(31)33)30-17-26(18-30)9-13-35-14-10-26/h2-6,21,23,28,34H,7-20H2,1H3/t21-,23?/m1/s1. The lowest BCUT2D eigenvalue weighted by Crippen LogP contribution is -2.68. The SMILES string of the molecule is C[C@H](CC(=O)N1CCC(O)(CN2CNC(N3CC4(CCOCC4)C3)CC2=O)CC1)c1ccccc1. The van der Waals surface area contributed by atoms with Crippen LogP contribution in [0.25, 0.3) is 0 Å². The normalized spacial score (nSPS) is 27.5. The summed E-state index contributed by atoms with van der Waals surface area (Å²) in [5, 5.41) is 14.7. The third kappa shape index (κ3) is 5.56. The van der Waals surface area contributed by atoms with E-state index in [0.717, 1.165) is 39.1 Å². The number of rotatable bonds is 6.